The molecule has 0 aromatic heterocycles. The van der Waals surface area contributed by atoms with E-state index >= 15 is 0 Å². The van der Waals surface area contributed by atoms with Crippen molar-refractivity contribution in [3.8, 4) is 11.8 Å². The van der Waals surface area contributed by atoms with Crippen molar-refractivity contribution in [3.05, 3.63) is 60.7 Å². The van der Waals surface area contributed by atoms with Crippen molar-refractivity contribution in [1.82, 2.24) is 0 Å². The van der Waals surface area contributed by atoms with Crippen molar-refractivity contribution in [2.24, 2.45) is 0 Å². The summed E-state index contributed by atoms with van der Waals surface area (Å²) in [6, 6.07) is 20.6. The van der Waals surface area contributed by atoms with Gasteiger partial charge in [-0.25, -0.2) is 0 Å². The molecule has 0 saturated carbocycles. The lowest BCUT2D eigenvalue weighted by Crippen LogP contribution is -2.67. The van der Waals surface area contributed by atoms with Crippen LogP contribution >= 0.6 is 7.60 Å². The van der Waals surface area contributed by atoms with Crippen LogP contribution in [-0.4, -0.2) is 47.9 Å². The summed E-state index contributed by atoms with van der Waals surface area (Å²) in [4.78, 5) is 11.7. The standard InChI is InChI=1S/C27H37O6PSi/c1-27(2,3)35(24-17-9-7-10-18-24,25-19-11-8-12-20-25)33-23(15-13-21-26(28)30-4)16-14-22-34(29,31-5)32-6/h7-12,17-20,23H,13,15,21-22H2,1-6H3/t23-/m0/s1. The average Bonchev–Trinajstić information content (AvgIpc) is 2.86. The molecule has 0 aliphatic carbocycles. The number of hydrogen-bond acceptors (Lipinski definition) is 6. The van der Waals surface area contributed by atoms with Gasteiger partial charge in [0.25, 0.3) is 8.32 Å². The summed E-state index contributed by atoms with van der Waals surface area (Å²) in [6.07, 6.45) is 0.811. The lowest BCUT2D eigenvalue weighted by atomic mass is 10.1. The SMILES string of the molecule is COC(=O)CCC[C@@H](C#CCP(=O)(OC)OC)O[Si](c1ccccc1)(c1ccccc1)C(C)(C)C. The normalized spacial score (nSPS) is 13.0. The van der Waals surface area contributed by atoms with Crippen LogP contribution in [0.1, 0.15) is 40.0 Å². The van der Waals surface area contributed by atoms with Crippen molar-refractivity contribution in [2.45, 2.75) is 51.2 Å². The molecule has 2 aromatic rings. The monoisotopic (exact) mass is 516 g/mol. The van der Waals surface area contributed by atoms with E-state index in [4.69, 9.17) is 18.2 Å². The van der Waals surface area contributed by atoms with Crippen LogP contribution in [0.3, 0.4) is 0 Å². The van der Waals surface area contributed by atoms with E-state index < -0.39 is 22.0 Å². The maximum absolute atomic E-state index is 12.5. The molecule has 0 N–H and O–H groups in total. The van der Waals surface area contributed by atoms with Crippen LogP contribution in [0.5, 0.6) is 0 Å². The number of esters is 1. The van der Waals surface area contributed by atoms with E-state index in [9.17, 15) is 9.36 Å². The summed E-state index contributed by atoms with van der Waals surface area (Å²) in [5.41, 5.74) is 0. The van der Waals surface area contributed by atoms with Gasteiger partial charge in [-0.2, -0.15) is 0 Å². The second-order valence-corrected chi connectivity index (χ2v) is 15.7. The Morgan fingerprint density at radius 3 is 1.89 bits per heavy atom. The van der Waals surface area contributed by atoms with Gasteiger partial charge in [-0.1, -0.05) is 93.3 Å². The Hall–Kier alpha value is -2.20. The molecule has 0 unspecified atom stereocenters. The van der Waals surface area contributed by atoms with E-state index in [0.29, 0.717) is 12.8 Å². The molecular formula is C27H37O6PSi. The van der Waals surface area contributed by atoms with Crippen LogP contribution in [0.4, 0.5) is 0 Å². The molecule has 8 heteroatoms. The highest BCUT2D eigenvalue weighted by atomic mass is 31.2. The van der Waals surface area contributed by atoms with E-state index in [2.05, 4.69) is 56.9 Å². The van der Waals surface area contributed by atoms with Crippen LogP contribution in [0.25, 0.3) is 0 Å². The number of ether oxygens (including phenoxy) is 1. The average molecular weight is 517 g/mol. The molecule has 0 heterocycles. The zero-order chi connectivity index (χ0) is 26.0. The van der Waals surface area contributed by atoms with Crippen molar-refractivity contribution in [2.75, 3.05) is 27.5 Å². The lowest BCUT2D eigenvalue weighted by molar-refractivity contribution is -0.140. The first-order valence-electron chi connectivity index (χ1n) is 11.7. The highest BCUT2D eigenvalue weighted by Crippen LogP contribution is 2.45. The van der Waals surface area contributed by atoms with Crippen LogP contribution in [-0.2, 0) is 27.6 Å². The first-order chi connectivity index (χ1) is 16.6. The van der Waals surface area contributed by atoms with Crippen molar-refractivity contribution in [3.63, 3.8) is 0 Å². The van der Waals surface area contributed by atoms with E-state index in [1.807, 2.05) is 36.4 Å². The third-order valence-electron chi connectivity index (χ3n) is 5.90. The predicted molar refractivity (Wildman–Crippen MR) is 143 cm³/mol. The minimum atomic E-state index is -3.28. The van der Waals surface area contributed by atoms with Gasteiger partial charge in [0.1, 0.15) is 12.3 Å². The van der Waals surface area contributed by atoms with Crippen molar-refractivity contribution in [1.29, 1.82) is 0 Å². The third-order valence-corrected chi connectivity index (χ3v) is 12.6. The maximum atomic E-state index is 12.5. The zero-order valence-electron chi connectivity index (χ0n) is 21.6. The van der Waals surface area contributed by atoms with Gasteiger partial charge >= 0.3 is 13.6 Å². The lowest BCUT2D eigenvalue weighted by Gasteiger charge is -2.44. The predicted octanol–water partition coefficient (Wildman–Crippen LogP) is 4.76. The topological polar surface area (TPSA) is 71.1 Å². The molecule has 0 aliphatic heterocycles. The molecule has 0 saturated heterocycles. The molecule has 6 nitrogen and oxygen atoms in total. The fourth-order valence-electron chi connectivity index (χ4n) is 4.06. The minimum absolute atomic E-state index is 0.0440. The Morgan fingerprint density at radius 1 is 0.943 bits per heavy atom. The number of carbonyl (C=O) groups is 1. The molecule has 2 aromatic carbocycles. The molecule has 0 radical (unpaired) electrons. The van der Waals surface area contributed by atoms with Gasteiger partial charge in [0.15, 0.2) is 0 Å². The molecule has 35 heavy (non-hydrogen) atoms. The van der Waals surface area contributed by atoms with Crippen LogP contribution in [0.15, 0.2) is 60.7 Å². The fraction of sp³-hybridized carbons (Fsp3) is 0.444. The summed E-state index contributed by atoms with van der Waals surface area (Å²) in [7, 11) is -2.06. The van der Waals surface area contributed by atoms with Crippen molar-refractivity contribution < 1.29 is 27.6 Å². The van der Waals surface area contributed by atoms with E-state index in [-0.39, 0.29) is 23.6 Å². The van der Waals surface area contributed by atoms with Gasteiger partial charge in [0.2, 0.25) is 0 Å². The van der Waals surface area contributed by atoms with Gasteiger partial charge in [0, 0.05) is 20.6 Å². The summed E-state index contributed by atoms with van der Waals surface area (Å²) < 4.78 is 34.5. The number of methoxy groups -OCH3 is 1. The van der Waals surface area contributed by atoms with E-state index in [0.717, 1.165) is 10.4 Å². The van der Waals surface area contributed by atoms with Gasteiger partial charge in [-0.15, -0.1) is 0 Å². The number of rotatable bonds is 11. The second kappa shape index (κ2) is 13.2. The van der Waals surface area contributed by atoms with Gasteiger partial charge in [0.05, 0.1) is 7.11 Å². The minimum Gasteiger partial charge on any atom is -0.469 e. The third kappa shape index (κ3) is 7.64. The van der Waals surface area contributed by atoms with Gasteiger partial charge < -0.3 is 18.2 Å². The molecule has 0 amide bonds. The maximum Gasteiger partial charge on any atom is 0.341 e. The summed E-state index contributed by atoms with van der Waals surface area (Å²) in [5.74, 6) is 5.88. The summed E-state index contributed by atoms with van der Waals surface area (Å²) in [6.45, 7) is 6.59. The first kappa shape index (κ1) is 29.0. The molecule has 190 valence electrons. The van der Waals surface area contributed by atoms with Crippen LogP contribution < -0.4 is 10.4 Å². The summed E-state index contributed by atoms with van der Waals surface area (Å²) >= 11 is 0. The highest BCUT2D eigenvalue weighted by Gasteiger charge is 2.51. The number of hydrogen-bond donors (Lipinski definition) is 0. The Balaban J connectivity index is 2.56. The van der Waals surface area contributed by atoms with Crippen LogP contribution in [0, 0.1) is 11.8 Å². The van der Waals surface area contributed by atoms with E-state index in [1.54, 1.807) is 0 Å². The molecule has 1 atom stereocenters. The molecular weight excluding hydrogens is 479 g/mol. The Labute approximate surface area is 211 Å². The number of carbonyl (C=O) groups excluding carboxylic acids is 1. The van der Waals surface area contributed by atoms with Gasteiger partial charge in [-0.05, 0) is 28.3 Å². The molecule has 0 aliphatic rings. The molecule has 0 fully saturated rings. The van der Waals surface area contributed by atoms with Crippen LogP contribution in [0.2, 0.25) is 5.04 Å². The summed E-state index contributed by atoms with van der Waals surface area (Å²) in [5, 5.41) is 2.04. The fourth-order valence-corrected chi connectivity index (χ4v) is 9.37. The molecule has 0 bridgehead atoms. The molecule has 2 rings (SSSR count). The molecule has 0 spiro atoms. The largest absolute Gasteiger partial charge is 0.469 e. The quantitative estimate of drug-likeness (QED) is 0.186. The smallest absolute Gasteiger partial charge is 0.341 e. The Morgan fingerprint density at radius 2 is 1.46 bits per heavy atom. The van der Waals surface area contributed by atoms with E-state index in [1.165, 1.54) is 21.3 Å². The Bertz CT molecular complexity index is 993. The Kier molecular flexibility index (Phi) is 10.9. The first-order valence-corrected chi connectivity index (χ1v) is 15.3. The highest BCUT2D eigenvalue weighted by molar-refractivity contribution is 7.54. The second-order valence-electron chi connectivity index (χ2n) is 9.19. The zero-order valence-corrected chi connectivity index (χ0v) is 23.5. The number of benzene rings is 2. The van der Waals surface area contributed by atoms with Crippen molar-refractivity contribution >= 4 is 32.3 Å². The van der Waals surface area contributed by atoms with Gasteiger partial charge in [-0.3, -0.25) is 9.36 Å².